The van der Waals surface area contributed by atoms with Gasteiger partial charge < -0.3 is 14.6 Å². The van der Waals surface area contributed by atoms with Gasteiger partial charge >= 0.3 is 0 Å². The van der Waals surface area contributed by atoms with E-state index < -0.39 is 0 Å². The second kappa shape index (κ2) is 11.0. The Morgan fingerprint density at radius 1 is 1.10 bits per heavy atom. The third-order valence-corrected chi connectivity index (χ3v) is 6.71. The van der Waals surface area contributed by atoms with E-state index in [1.165, 1.54) is 51.6 Å². The minimum Gasteiger partial charge on any atom is -0.465 e. The first-order valence-electron chi connectivity index (χ1n) is 11.2. The average Bonchev–Trinajstić information content (AvgIpc) is 3.48. The molecule has 3 fully saturated rings. The molecule has 2 atom stereocenters. The quantitative estimate of drug-likeness (QED) is 0.370. The van der Waals surface area contributed by atoms with E-state index >= 15 is 0 Å². The van der Waals surface area contributed by atoms with Gasteiger partial charge in [0.15, 0.2) is 5.96 Å². The van der Waals surface area contributed by atoms with Gasteiger partial charge in [-0.2, -0.15) is 0 Å². The van der Waals surface area contributed by atoms with Crippen molar-refractivity contribution in [3.8, 4) is 0 Å². The van der Waals surface area contributed by atoms with Gasteiger partial charge in [0.05, 0.1) is 6.04 Å². The number of rotatable bonds is 5. The predicted molar refractivity (Wildman–Crippen MR) is 129 cm³/mol. The molecule has 2 unspecified atom stereocenters. The summed E-state index contributed by atoms with van der Waals surface area (Å²) in [4.78, 5) is 12.3. The molecule has 0 bridgehead atoms. The third-order valence-electron chi connectivity index (χ3n) is 6.71. The average molecular weight is 515 g/mol. The van der Waals surface area contributed by atoms with E-state index in [0.717, 1.165) is 50.2 Å². The molecule has 3 saturated heterocycles. The number of aryl methyl sites for hydroxylation is 1. The minimum atomic E-state index is 0. The van der Waals surface area contributed by atoms with E-state index in [1.807, 2.05) is 14.0 Å². The van der Waals surface area contributed by atoms with Crippen LogP contribution in [-0.4, -0.2) is 79.6 Å². The summed E-state index contributed by atoms with van der Waals surface area (Å²) in [7, 11) is 1.92. The number of aliphatic imine (C=N–C) groups is 1. The second-order valence-corrected chi connectivity index (χ2v) is 8.62. The van der Waals surface area contributed by atoms with Crippen molar-refractivity contribution in [2.45, 2.75) is 57.5 Å². The van der Waals surface area contributed by atoms with Crippen LogP contribution in [0.4, 0.5) is 0 Å². The lowest BCUT2D eigenvalue weighted by molar-refractivity contribution is 0.168. The van der Waals surface area contributed by atoms with Crippen molar-refractivity contribution >= 4 is 29.9 Å². The number of nitrogens with one attached hydrogen (secondary N) is 1. The van der Waals surface area contributed by atoms with Gasteiger partial charge in [0.2, 0.25) is 0 Å². The van der Waals surface area contributed by atoms with E-state index in [4.69, 9.17) is 4.42 Å². The van der Waals surface area contributed by atoms with Crippen LogP contribution >= 0.6 is 24.0 Å². The van der Waals surface area contributed by atoms with Gasteiger partial charge in [-0.3, -0.25) is 14.8 Å². The highest BCUT2D eigenvalue weighted by Gasteiger charge is 2.31. The van der Waals surface area contributed by atoms with Crippen LogP contribution in [0.15, 0.2) is 21.5 Å². The number of hydrogen-bond donors (Lipinski definition) is 1. The Bertz CT molecular complexity index is 651. The van der Waals surface area contributed by atoms with Crippen LogP contribution in [0.2, 0.25) is 0 Å². The van der Waals surface area contributed by atoms with Gasteiger partial charge in [-0.05, 0) is 77.3 Å². The van der Waals surface area contributed by atoms with E-state index in [-0.39, 0.29) is 30.0 Å². The van der Waals surface area contributed by atoms with Crippen LogP contribution in [-0.2, 0) is 0 Å². The van der Waals surface area contributed by atoms with Crippen molar-refractivity contribution < 1.29 is 4.42 Å². The van der Waals surface area contributed by atoms with E-state index in [1.54, 1.807) is 0 Å². The molecular formula is C22H38IN5O. The van der Waals surface area contributed by atoms with E-state index in [9.17, 15) is 0 Å². The van der Waals surface area contributed by atoms with Crippen molar-refractivity contribution in [1.29, 1.82) is 0 Å². The Morgan fingerprint density at radius 3 is 2.48 bits per heavy atom. The van der Waals surface area contributed by atoms with Gasteiger partial charge in [-0.1, -0.05) is 6.42 Å². The number of furan rings is 1. The monoisotopic (exact) mass is 515 g/mol. The van der Waals surface area contributed by atoms with Crippen molar-refractivity contribution in [2.24, 2.45) is 4.99 Å². The van der Waals surface area contributed by atoms with Crippen LogP contribution in [0, 0.1) is 6.92 Å². The van der Waals surface area contributed by atoms with Crippen LogP contribution < -0.4 is 5.32 Å². The molecule has 164 valence electrons. The zero-order valence-electron chi connectivity index (χ0n) is 18.1. The molecule has 3 aliphatic rings. The van der Waals surface area contributed by atoms with Gasteiger partial charge in [-0.25, -0.2) is 0 Å². The van der Waals surface area contributed by atoms with Crippen LogP contribution in [0.25, 0.3) is 0 Å². The van der Waals surface area contributed by atoms with Crippen molar-refractivity contribution in [2.75, 3.05) is 52.9 Å². The van der Waals surface area contributed by atoms with Crippen LogP contribution in [0.3, 0.4) is 0 Å². The Labute approximate surface area is 193 Å². The second-order valence-electron chi connectivity index (χ2n) is 8.62. The Kier molecular flexibility index (Phi) is 8.68. The molecule has 0 aromatic carbocycles. The van der Waals surface area contributed by atoms with Crippen LogP contribution in [0.1, 0.15) is 56.1 Å². The fourth-order valence-corrected chi connectivity index (χ4v) is 5.13. The molecule has 1 aromatic heterocycles. The van der Waals surface area contributed by atoms with Gasteiger partial charge in [0.1, 0.15) is 11.5 Å². The number of likely N-dealkylation sites (tertiary alicyclic amines) is 3. The molecule has 4 heterocycles. The SMILES string of the molecule is CN=C(NCC(c1ccc(C)o1)N1CCCC1)N1CCC(N2CCCCC2)C1.I. The Balaban J connectivity index is 0.00000240. The Hall–Kier alpha value is -0.800. The number of guanidine groups is 1. The molecule has 0 spiro atoms. The standard InChI is InChI=1S/C22H37N5O.HI/c1-18-8-9-21(28-18)20(26-13-6-7-14-26)16-24-22(23-2)27-15-10-19(17-27)25-11-4-3-5-12-25;/h8-9,19-20H,3-7,10-17H2,1-2H3,(H,23,24);1H. The number of nitrogens with zero attached hydrogens (tertiary/aromatic N) is 4. The summed E-state index contributed by atoms with van der Waals surface area (Å²) in [5, 5.41) is 3.68. The lowest BCUT2D eigenvalue weighted by atomic mass is 10.1. The molecule has 0 saturated carbocycles. The summed E-state index contributed by atoms with van der Waals surface area (Å²) in [6.07, 6.45) is 7.96. The molecular weight excluding hydrogens is 477 g/mol. The first kappa shape index (κ1) is 22.9. The van der Waals surface area contributed by atoms with Crippen molar-refractivity contribution in [1.82, 2.24) is 20.0 Å². The third kappa shape index (κ3) is 5.67. The van der Waals surface area contributed by atoms with E-state index in [2.05, 4.69) is 37.1 Å². The molecule has 1 N–H and O–H groups in total. The fourth-order valence-electron chi connectivity index (χ4n) is 5.13. The maximum atomic E-state index is 6.00. The van der Waals surface area contributed by atoms with Gasteiger partial charge in [0.25, 0.3) is 0 Å². The number of hydrogen-bond acceptors (Lipinski definition) is 4. The first-order chi connectivity index (χ1) is 13.7. The molecule has 0 aliphatic carbocycles. The summed E-state index contributed by atoms with van der Waals surface area (Å²) < 4.78 is 6.00. The normalized spacial score (nSPS) is 25.2. The number of halogens is 1. The van der Waals surface area contributed by atoms with Gasteiger partial charge in [-0.15, -0.1) is 24.0 Å². The summed E-state index contributed by atoms with van der Waals surface area (Å²) in [6.45, 7) is 9.96. The smallest absolute Gasteiger partial charge is 0.193 e. The molecule has 29 heavy (non-hydrogen) atoms. The lowest BCUT2D eigenvalue weighted by Crippen LogP contribution is -2.46. The first-order valence-corrected chi connectivity index (χ1v) is 11.2. The zero-order chi connectivity index (χ0) is 19.3. The maximum Gasteiger partial charge on any atom is 0.193 e. The predicted octanol–water partition coefficient (Wildman–Crippen LogP) is 3.48. The highest BCUT2D eigenvalue weighted by molar-refractivity contribution is 14.0. The lowest BCUT2D eigenvalue weighted by Gasteiger charge is -2.32. The largest absolute Gasteiger partial charge is 0.465 e. The summed E-state index contributed by atoms with van der Waals surface area (Å²) in [5.74, 6) is 3.12. The highest BCUT2D eigenvalue weighted by atomic mass is 127. The van der Waals surface area contributed by atoms with Gasteiger partial charge in [0, 0.05) is 32.7 Å². The minimum absolute atomic E-state index is 0. The van der Waals surface area contributed by atoms with E-state index in [0.29, 0.717) is 6.04 Å². The summed E-state index contributed by atoms with van der Waals surface area (Å²) in [5.41, 5.74) is 0. The maximum absolute atomic E-state index is 6.00. The molecule has 0 amide bonds. The molecule has 6 nitrogen and oxygen atoms in total. The molecule has 0 radical (unpaired) electrons. The summed E-state index contributed by atoms with van der Waals surface area (Å²) in [6, 6.07) is 5.21. The highest BCUT2D eigenvalue weighted by Crippen LogP contribution is 2.26. The molecule has 7 heteroatoms. The molecule has 4 rings (SSSR count). The molecule has 3 aliphatic heterocycles. The van der Waals surface area contributed by atoms with Crippen LogP contribution in [0.5, 0.6) is 0 Å². The van der Waals surface area contributed by atoms with Crippen molar-refractivity contribution in [3.05, 3.63) is 23.7 Å². The number of piperidine rings is 1. The fraction of sp³-hybridized carbons (Fsp3) is 0.773. The topological polar surface area (TPSA) is 47.3 Å². The zero-order valence-corrected chi connectivity index (χ0v) is 20.4. The summed E-state index contributed by atoms with van der Waals surface area (Å²) >= 11 is 0. The molecule has 1 aromatic rings. The van der Waals surface area contributed by atoms with Crippen molar-refractivity contribution in [3.63, 3.8) is 0 Å². The Morgan fingerprint density at radius 2 is 1.83 bits per heavy atom.